The second-order valence-corrected chi connectivity index (χ2v) is 8.14. The third-order valence-corrected chi connectivity index (χ3v) is 6.11. The zero-order valence-corrected chi connectivity index (χ0v) is 17.7. The van der Waals surface area contributed by atoms with Gasteiger partial charge in [0.05, 0.1) is 19.7 Å². The van der Waals surface area contributed by atoms with E-state index in [9.17, 15) is 9.90 Å². The summed E-state index contributed by atoms with van der Waals surface area (Å²) in [6.07, 6.45) is 10.1. The van der Waals surface area contributed by atoms with E-state index in [1.807, 2.05) is 18.3 Å². The molecule has 1 fully saturated rings. The van der Waals surface area contributed by atoms with Gasteiger partial charge in [-0.1, -0.05) is 6.07 Å². The van der Waals surface area contributed by atoms with Crippen molar-refractivity contribution in [3.05, 3.63) is 60.2 Å². The third-order valence-electron chi connectivity index (χ3n) is 6.11. The minimum Gasteiger partial charge on any atom is -0.504 e. The molecule has 31 heavy (non-hydrogen) atoms. The molecular weight excluding hydrogens is 392 g/mol. The van der Waals surface area contributed by atoms with Crippen LogP contribution in [-0.2, 0) is 11.2 Å². The number of H-pyrrole nitrogens is 1. The van der Waals surface area contributed by atoms with Gasteiger partial charge in [-0.3, -0.25) is 14.9 Å². The van der Waals surface area contributed by atoms with Crippen LogP contribution in [-0.4, -0.2) is 39.8 Å². The summed E-state index contributed by atoms with van der Waals surface area (Å²) in [5.74, 6) is 1.40. The number of hydrogen-bond acceptors (Lipinski definition) is 5. The predicted octanol–water partition coefficient (Wildman–Crippen LogP) is 3.82. The van der Waals surface area contributed by atoms with Gasteiger partial charge in [-0.25, -0.2) is 0 Å². The van der Waals surface area contributed by atoms with Crippen LogP contribution in [0, 0.1) is 5.92 Å². The van der Waals surface area contributed by atoms with Gasteiger partial charge in [0.2, 0.25) is 5.91 Å². The van der Waals surface area contributed by atoms with Gasteiger partial charge in [-0.2, -0.15) is 5.10 Å². The highest BCUT2D eigenvalue weighted by molar-refractivity contribution is 5.78. The van der Waals surface area contributed by atoms with Crippen LogP contribution in [0.5, 0.6) is 11.5 Å². The maximum atomic E-state index is 12.4. The fraction of sp³-hybridized carbons (Fsp3) is 0.375. The van der Waals surface area contributed by atoms with Crippen LogP contribution in [0.4, 0.5) is 0 Å². The maximum Gasteiger partial charge on any atom is 0.224 e. The molecule has 3 N–H and O–H groups in total. The fourth-order valence-corrected chi connectivity index (χ4v) is 4.36. The quantitative estimate of drug-likeness (QED) is 0.540. The molecule has 1 aliphatic rings. The zero-order valence-electron chi connectivity index (χ0n) is 17.7. The van der Waals surface area contributed by atoms with Crippen LogP contribution < -0.4 is 10.1 Å². The average molecular weight is 421 g/mol. The Kier molecular flexibility index (Phi) is 6.50. The Hall–Kier alpha value is -3.35. The number of nitrogens with zero attached hydrogens (tertiary/aromatic N) is 2. The summed E-state index contributed by atoms with van der Waals surface area (Å²) >= 11 is 0. The van der Waals surface area contributed by atoms with Crippen molar-refractivity contribution in [2.75, 3.05) is 13.7 Å². The molecule has 0 atom stereocenters. The summed E-state index contributed by atoms with van der Waals surface area (Å²) in [6.45, 7) is 0.695. The van der Waals surface area contributed by atoms with Crippen LogP contribution in [0.3, 0.4) is 0 Å². The topological polar surface area (TPSA) is 100 Å². The summed E-state index contributed by atoms with van der Waals surface area (Å²) in [7, 11) is 1.50. The Morgan fingerprint density at radius 2 is 1.97 bits per heavy atom. The molecule has 1 saturated carbocycles. The normalized spacial score (nSPS) is 18.5. The van der Waals surface area contributed by atoms with Gasteiger partial charge in [0.25, 0.3) is 0 Å². The van der Waals surface area contributed by atoms with Crippen molar-refractivity contribution < 1.29 is 14.6 Å². The lowest BCUT2D eigenvalue weighted by Gasteiger charge is -2.28. The number of benzene rings is 1. The minimum atomic E-state index is -0.0107. The lowest BCUT2D eigenvalue weighted by Crippen LogP contribution is -2.32. The third kappa shape index (κ3) is 5.05. The Morgan fingerprint density at radius 1 is 1.19 bits per heavy atom. The predicted molar refractivity (Wildman–Crippen MR) is 118 cm³/mol. The van der Waals surface area contributed by atoms with E-state index < -0.39 is 0 Å². The molecule has 7 nitrogen and oxygen atoms in total. The highest BCUT2D eigenvalue weighted by atomic mass is 16.5. The molecule has 3 aromatic rings. The number of rotatable bonds is 7. The van der Waals surface area contributed by atoms with E-state index in [0.29, 0.717) is 24.1 Å². The number of carbonyl (C=O) groups is 1. The van der Waals surface area contributed by atoms with Gasteiger partial charge < -0.3 is 15.2 Å². The average Bonchev–Trinajstić information content (AvgIpc) is 3.30. The first-order chi connectivity index (χ1) is 15.1. The van der Waals surface area contributed by atoms with Crippen molar-refractivity contribution in [1.82, 2.24) is 20.5 Å². The van der Waals surface area contributed by atoms with Crippen LogP contribution >= 0.6 is 0 Å². The van der Waals surface area contributed by atoms with Crippen molar-refractivity contribution in [1.29, 1.82) is 0 Å². The summed E-state index contributed by atoms with van der Waals surface area (Å²) in [5.41, 5.74) is 4.32. The highest BCUT2D eigenvalue weighted by Crippen LogP contribution is 2.38. The smallest absolute Gasteiger partial charge is 0.224 e. The van der Waals surface area contributed by atoms with E-state index in [-0.39, 0.29) is 18.1 Å². The number of aromatic amines is 1. The van der Waals surface area contributed by atoms with Crippen LogP contribution in [0.15, 0.2) is 48.9 Å². The van der Waals surface area contributed by atoms with Crippen molar-refractivity contribution in [2.45, 2.75) is 38.0 Å². The number of hydrogen-bond donors (Lipinski definition) is 3. The summed E-state index contributed by atoms with van der Waals surface area (Å²) in [5, 5.41) is 20.2. The van der Waals surface area contributed by atoms with Crippen molar-refractivity contribution in [2.24, 2.45) is 5.92 Å². The molecule has 1 amide bonds. The number of pyridine rings is 1. The zero-order chi connectivity index (χ0) is 21.6. The fourth-order valence-electron chi connectivity index (χ4n) is 4.36. The molecule has 4 rings (SSSR count). The Bertz CT molecular complexity index is 1010. The summed E-state index contributed by atoms with van der Waals surface area (Å²) in [4.78, 5) is 16.5. The standard InChI is InChI=1S/C24H28N4O3/c1-31-22-12-17(4-7-21(22)29)13-23(30)26-14-16-2-5-19(6-3-16)24-20(15-27-28-24)18-8-10-25-11-9-18/h4,7-12,15-16,19,29H,2-3,5-6,13-14H2,1H3,(H,26,30)(H,27,28). The van der Waals surface area contributed by atoms with Gasteiger partial charge in [0, 0.05) is 36.1 Å². The minimum absolute atomic E-state index is 0.0107. The Morgan fingerprint density at radius 3 is 2.71 bits per heavy atom. The number of nitrogens with one attached hydrogen (secondary N) is 2. The number of phenols is 1. The summed E-state index contributed by atoms with van der Waals surface area (Å²) in [6, 6.07) is 9.02. The van der Waals surface area contributed by atoms with E-state index in [1.54, 1.807) is 30.6 Å². The number of methoxy groups -OCH3 is 1. The van der Waals surface area contributed by atoms with Gasteiger partial charge in [-0.15, -0.1) is 0 Å². The highest BCUT2D eigenvalue weighted by Gasteiger charge is 2.26. The number of aromatic hydroxyl groups is 1. The first-order valence-corrected chi connectivity index (χ1v) is 10.7. The van der Waals surface area contributed by atoms with Crippen molar-refractivity contribution in [3.63, 3.8) is 0 Å². The second kappa shape index (κ2) is 9.64. The molecule has 0 unspecified atom stereocenters. The Labute approximate surface area is 181 Å². The molecule has 0 aliphatic heterocycles. The van der Waals surface area contributed by atoms with Crippen LogP contribution in [0.1, 0.15) is 42.9 Å². The van der Waals surface area contributed by atoms with Gasteiger partial charge in [0.15, 0.2) is 11.5 Å². The molecule has 1 aliphatic carbocycles. The number of amides is 1. The number of carbonyl (C=O) groups excluding carboxylic acids is 1. The van der Waals surface area contributed by atoms with Crippen LogP contribution in [0.2, 0.25) is 0 Å². The molecule has 7 heteroatoms. The molecule has 0 bridgehead atoms. The van der Waals surface area contributed by atoms with E-state index in [4.69, 9.17) is 4.74 Å². The second-order valence-electron chi connectivity index (χ2n) is 8.14. The lowest BCUT2D eigenvalue weighted by molar-refractivity contribution is -0.120. The monoisotopic (exact) mass is 420 g/mol. The van der Waals surface area contributed by atoms with E-state index in [2.05, 4.69) is 20.5 Å². The molecule has 2 heterocycles. The summed E-state index contributed by atoms with van der Waals surface area (Å²) < 4.78 is 5.11. The Balaban J connectivity index is 1.27. The first-order valence-electron chi connectivity index (χ1n) is 10.7. The molecule has 1 aromatic carbocycles. The molecule has 0 radical (unpaired) electrons. The van der Waals surface area contributed by atoms with Crippen molar-refractivity contribution in [3.8, 4) is 22.6 Å². The number of phenolic OH excluding ortho intramolecular Hbond substituents is 1. The SMILES string of the molecule is COc1cc(CC(=O)NCC2CCC(c3[nH]ncc3-c3ccncc3)CC2)ccc1O. The molecular formula is C24H28N4O3. The van der Waals surface area contributed by atoms with E-state index >= 15 is 0 Å². The van der Waals surface area contributed by atoms with Crippen LogP contribution in [0.25, 0.3) is 11.1 Å². The number of ether oxygens (including phenoxy) is 1. The first kappa shape index (κ1) is 20.9. The lowest BCUT2D eigenvalue weighted by atomic mass is 9.79. The number of aromatic nitrogens is 3. The van der Waals surface area contributed by atoms with Gasteiger partial charge in [0.1, 0.15) is 0 Å². The van der Waals surface area contributed by atoms with E-state index in [1.165, 1.54) is 12.8 Å². The largest absolute Gasteiger partial charge is 0.504 e. The molecule has 0 saturated heterocycles. The molecule has 0 spiro atoms. The van der Waals surface area contributed by atoms with Crippen molar-refractivity contribution >= 4 is 5.91 Å². The van der Waals surface area contributed by atoms with Gasteiger partial charge >= 0.3 is 0 Å². The molecule has 2 aromatic heterocycles. The molecule has 162 valence electrons. The van der Waals surface area contributed by atoms with E-state index in [0.717, 1.165) is 42.4 Å². The van der Waals surface area contributed by atoms with Gasteiger partial charge in [-0.05, 0) is 67.0 Å². The maximum absolute atomic E-state index is 12.4.